The van der Waals surface area contributed by atoms with Crippen LogP contribution < -0.4 is 0 Å². The number of ether oxygens (including phenoxy) is 1. The van der Waals surface area contributed by atoms with E-state index in [4.69, 9.17) is 0 Å². The summed E-state index contributed by atoms with van der Waals surface area (Å²) in [6.45, 7) is 3.65. The Hall–Kier alpha value is -1.40. The number of amides is 1. The molecule has 0 aliphatic heterocycles. The first kappa shape index (κ1) is 17.7. The molecule has 0 aromatic heterocycles. The lowest BCUT2D eigenvalue weighted by atomic mass is 10.1. The molecule has 5 nitrogen and oxygen atoms in total. The standard InChI is InChI=1S/C15H20BrNO4/c1-10(15(20)21-3)8-17(9-11(2)18)14(19)12-5-4-6-13(16)7-12/h4-7,10-11,18H,8-9H2,1-3H3. The van der Waals surface area contributed by atoms with Gasteiger partial charge in [0, 0.05) is 23.1 Å². The van der Waals surface area contributed by atoms with Gasteiger partial charge in [-0.1, -0.05) is 28.9 Å². The van der Waals surface area contributed by atoms with Gasteiger partial charge in [-0.3, -0.25) is 9.59 Å². The first-order valence-corrected chi connectivity index (χ1v) is 7.45. The quantitative estimate of drug-likeness (QED) is 0.791. The smallest absolute Gasteiger partial charge is 0.310 e. The minimum absolute atomic E-state index is 0.159. The van der Waals surface area contributed by atoms with Crippen molar-refractivity contribution in [1.82, 2.24) is 4.90 Å². The summed E-state index contributed by atoms with van der Waals surface area (Å²) in [5, 5.41) is 9.56. The van der Waals surface area contributed by atoms with Crippen molar-refractivity contribution in [3.8, 4) is 0 Å². The van der Waals surface area contributed by atoms with Crippen LogP contribution in [0.15, 0.2) is 28.7 Å². The van der Waals surface area contributed by atoms with Gasteiger partial charge in [-0.2, -0.15) is 0 Å². The van der Waals surface area contributed by atoms with Gasteiger partial charge >= 0.3 is 5.97 Å². The van der Waals surface area contributed by atoms with E-state index in [0.717, 1.165) is 4.47 Å². The molecule has 2 unspecified atom stereocenters. The highest BCUT2D eigenvalue weighted by Crippen LogP contribution is 2.15. The number of rotatable bonds is 6. The summed E-state index contributed by atoms with van der Waals surface area (Å²) >= 11 is 3.32. The Kier molecular flexibility index (Phi) is 6.84. The fourth-order valence-corrected chi connectivity index (χ4v) is 2.37. The van der Waals surface area contributed by atoms with E-state index in [1.54, 1.807) is 32.0 Å². The average Bonchev–Trinajstić information content (AvgIpc) is 2.44. The van der Waals surface area contributed by atoms with E-state index in [1.165, 1.54) is 12.0 Å². The SMILES string of the molecule is COC(=O)C(C)CN(CC(C)O)C(=O)c1cccc(Br)c1. The fourth-order valence-electron chi connectivity index (χ4n) is 1.97. The third-order valence-electron chi connectivity index (χ3n) is 2.94. The number of aliphatic hydroxyl groups excluding tert-OH is 1. The van der Waals surface area contributed by atoms with Crippen LogP contribution in [0.1, 0.15) is 24.2 Å². The summed E-state index contributed by atoms with van der Waals surface area (Å²) in [7, 11) is 1.31. The number of methoxy groups -OCH3 is 1. The molecule has 0 aliphatic carbocycles. The van der Waals surface area contributed by atoms with E-state index in [-0.39, 0.29) is 25.0 Å². The van der Waals surface area contributed by atoms with Crippen molar-refractivity contribution >= 4 is 27.8 Å². The van der Waals surface area contributed by atoms with Crippen molar-refractivity contribution in [3.05, 3.63) is 34.3 Å². The molecule has 1 amide bonds. The average molecular weight is 358 g/mol. The van der Waals surface area contributed by atoms with E-state index in [2.05, 4.69) is 20.7 Å². The second-order valence-corrected chi connectivity index (χ2v) is 5.91. The number of halogens is 1. The van der Waals surface area contributed by atoms with Crippen molar-refractivity contribution in [2.75, 3.05) is 20.2 Å². The maximum Gasteiger partial charge on any atom is 0.310 e. The summed E-state index contributed by atoms with van der Waals surface area (Å²) in [5.74, 6) is -1.06. The molecule has 1 aromatic carbocycles. The first-order chi connectivity index (χ1) is 9.85. The van der Waals surface area contributed by atoms with Crippen LogP contribution in [0.3, 0.4) is 0 Å². The van der Waals surface area contributed by atoms with Crippen molar-refractivity contribution in [2.24, 2.45) is 5.92 Å². The zero-order valence-corrected chi connectivity index (χ0v) is 14.0. The predicted octanol–water partition coefficient (Wildman–Crippen LogP) is 2.08. The topological polar surface area (TPSA) is 66.8 Å². The van der Waals surface area contributed by atoms with Gasteiger partial charge in [-0.25, -0.2) is 0 Å². The fraction of sp³-hybridized carbons (Fsp3) is 0.467. The van der Waals surface area contributed by atoms with E-state index < -0.39 is 12.0 Å². The first-order valence-electron chi connectivity index (χ1n) is 6.66. The molecule has 1 N–H and O–H groups in total. The van der Waals surface area contributed by atoms with Crippen LogP contribution in [0.2, 0.25) is 0 Å². The van der Waals surface area contributed by atoms with E-state index in [9.17, 15) is 14.7 Å². The molecule has 0 bridgehead atoms. The van der Waals surface area contributed by atoms with Gasteiger partial charge in [0.15, 0.2) is 0 Å². The Morgan fingerprint density at radius 2 is 2.00 bits per heavy atom. The molecule has 1 rings (SSSR count). The highest BCUT2D eigenvalue weighted by Gasteiger charge is 2.23. The third kappa shape index (κ3) is 5.47. The number of benzene rings is 1. The molecule has 0 saturated heterocycles. The Bertz CT molecular complexity index is 504. The number of esters is 1. The second-order valence-electron chi connectivity index (χ2n) is 4.99. The van der Waals surface area contributed by atoms with Crippen LogP contribution >= 0.6 is 15.9 Å². The summed E-state index contributed by atoms with van der Waals surface area (Å²) < 4.78 is 5.47. The molecule has 1 aromatic rings. The lowest BCUT2D eigenvalue weighted by Gasteiger charge is -2.26. The number of aliphatic hydroxyl groups is 1. The third-order valence-corrected chi connectivity index (χ3v) is 3.43. The highest BCUT2D eigenvalue weighted by molar-refractivity contribution is 9.10. The number of carbonyl (C=O) groups is 2. The van der Waals surface area contributed by atoms with Crippen LogP contribution in [0.5, 0.6) is 0 Å². The molecule has 0 spiro atoms. The van der Waals surface area contributed by atoms with Crippen LogP contribution in [0.25, 0.3) is 0 Å². The minimum Gasteiger partial charge on any atom is -0.469 e. The van der Waals surface area contributed by atoms with Crippen molar-refractivity contribution < 1.29 is 19.4 Å². The van der Waals surface area contributed by atoms with Crippen molar-refractivity contribution in [1.29, 1.82) is 0 Å². The van der Waals surface area contributed by atoms with E-state index in [1.807, 2.05) is 6.07 Å². The second kappa shape index (κ2) is 8.14. The lowest BCUT2D eigenvalue weighted by Crippen LogP contribution is -2.41. The molecule has 21 heavy (non-hydrogen) atoms. The van der Waals surface area contributed by atoms with Crippen LogP contribution in [-0.4, -0.2) is 48.2 Å². The molecule has 0 heterocycles. The van der Waals surface area contributed by atoms with Crippen LogP contribution in [0, 0.1) is 5.92 Å². The van der Waals surface area contributed by atoms with Gasteiger partial charge < -0.3 is 14.7 Å². The molecule has 2 atom stereocenters. The minimum atomic E-state index is -0.675. The number of hydrogen-bond donors (Lipinski definition) is 1. The van der Waals surface area contributed by atoms with Gasteiger partial charge in [-0.05, 0) is 25.1 Å². The Morgan fingerprint density at radius 1 is 1.33 bits per heavy atom. The molecule has 0 aliphatic rings. The van der Waals surface area contributed by atoms with Gasteiger partial charge in [0.25, 0.3) is 5.91 Å². The monoisotopic (exact) mass is 357 g/mol. The lowest BCUT2D eigenvalue weighted by molar-refractivity contribution is -0.145. The predicted molar refractivity (Wildman–Crippen MR) is 82.9 cm³/mol. The van der Waals surface area contributed by atoms with E-state index >= 15 is 0 Å². The zero-order chi connectivity index (χ0) is 16.0. The number of nitrogens with zero attached hydrogens (tertiary/aromatic N) is 1. The highest BCUT2D eigenvalue weighted by atomic mass is 79.9. The van der Waals surface area contributed by atoms with Gasteiger partial charge in [-0.15, -0.1) is 0 Å². The van der Waals surface area contributed by atoms with Crippen molar-refractivity contribution in [2.45, 2.75) is 20.0 Å². The zero-order valence-electron chi connectivity index (χ0n) is 12.4. The summed E-state index contributed by atoms with van der Waals surface area (Å²) in [4.78, 5) is 25.5. The molecular formula is C15H20BrNO4. The molecule has 0 radical (unpaired) electrons. The maximum absolute atomic E-state index is 12.5. The number of hydrogen-bond acceptors (Lipinski definition) is 4. The molecular weight excluding hydrogens is 338 g/mol. The Morgan fingerprint density at radius 3 is 2.52 bits per heavy atom. The normalized spacial score (nSPS) is 13.4. The van der Waals surface area contributed by atoms with Gasteiger partial charge in [0.05, 0.1) is 19.1 Å². The number of carbonyl (C=O) groups excluding carboxylic acids is 2. The molecule has 116 valence electrons. The van der Waals surface area contributed by atoms with Crippen molar-refractivity contribution in [3.63, 3.8) is 0 Å². The molecule has 6 heteroatoms. The Balaban J connectivity index is 2.91. The Labute approximate surface area is 133 Å². The maximum atomic E-state index is 12.5. The largest absolute Gasteiger partial charge is 0.469 e. The van der Waals surface area contributed by atoms with E-state index in [0.29, 0.717) is 5.56 Å². The summed E-state index contributed by atoms with van der Waals surface area (Å²) in [6.07, 6.45) is -0.675. The van der Waals surface area contributed by atoms with Crippen LogP contribution in [0.4, 0.5) is 0 Å². The molecule has 0 fully saturated rings. The summed E-state index contributed by atoms with van der Waals surface area (Å²) in [6, 6.07) is 7.00. The van der Waals surface area contributed by atoms with Gasteiger partial charge in [0.1, 0.15) is 0 Å². The van der Waals surface area contributed by atoms with Gasteiger partial charge in [0.2, 0.25) is 0 Å². The van der Waals surface area contributed by atoms with Crippen LogP contribution in [-0.2, 0) is 9.53 Å². The molecule has 0 saturated carbocycles. The summed E-state index contributed by atoms with van der Waals surface area (Å²) in [5.41, 5.74) is 0.502.